The molecule has 2 aromatic rings. The minimum atomic E-state index is -0.720. The van der Waals surface area contributed by atoms with Gasteiger partial charge in [-0.2, -0.15) is 0 Å². The molecule has 0 unspecified atom stereocenters. The second-order valence-electron chi connectivity index (χ2n) is 7.63. The summed E-state index contributed by atoms with van der Waals surface area (Å²) >= 11 is 0. The van der Waals surface area contributed by atoms with Gasteiger partial charge in [0.05, 0.1) is 25.8 Å². The zero-order valence-electron chi connectivity index (χ0n) is 18.3. The number of aliphatic hydroxyl groups excluding tert-OH is 1. The van der Waals surface area contributed by atoms with Gasteiger partial charge in [0.1, 0.15) is 5.76 Å². The number of nitrogens with zero attached hydrogens (tertiary/aromatic N) is 2. The van der Waals surface area contributed by atoms with Crippen molar-refractivity contribution in [3.8, 4) is 11.5 Å². The first kappa shape index (κ1) is 22.4. The van der Waals surface area contributed by atoms with E-state index in [1.165, 1.54) is 12.0 Å². The SMILES string of the molecule is COc1ccc([C@H]2C(=C(O)c3ccccc3)C(=O)C(=O)N2CCCN(C)C)cc1OC. The minimum Gasteiger partial charge on any atom is -0.507 e. The largest absolute Gasteiger partial charge is 0.507 e. The first-order valence-electron chi connectivity index (χ1n) is 10.1. The van der Waals surface area contributed by atoms with Crippen molar-refractivity contribution in [1.82, 2.24) is 9.80 Å². The van der Waals surface area contributed by atoms with Crippen LogP contribution in [0, 0.1) is 0 Å². The van der Waals surface area contributed by atoms with Crippen molar-refractivity contribution in [2.24, 2.45) is 0 Å². The van der Waals surface area contributed by atoms with Crippen molar-refractivity contribution in [3.05, 3.63) is 65.2 Å². The number of aliphatic hydroxyl groups is 1. The maximum absolute atomic E-state index is 13.0. The van der Waals surface area contributed by atoms with Crippen LogP contribution < -0.4 is 9.47 Å². The van der Waals surface area contributed by atoms with Crippen LogP contribution in [0.15, 0.2) is 54.1 Å². The Morgan fingerprint density at radius 1 is 1.03 bits per heavy atom. The molecule has 7 heteroatoms. The highest BCUT2D eigenvalue weighted by Crippen LogP contribution is 2.41. The van der Waals surface area contributed by atoms with Crippen LogP contribution in [-0.4, -0.2) is 68.0 Å². The molecule has 1 saturated heterocycles. The van der Waals surface area contributed by atoms with E-state index in [4.69, 9.17) is 9.47 Å². The maximum atomic E-state index is 13.0. The standard InChI is InChI=1S/C24H28N2O5/c1-25(2)13-8-14-26-21(17-11-12-18(30-3)19(15-17)31-4)20(23(28)24(26)29)22(27)16-9-6-5-7-10-16/h5-7,9-12,15,21,27H,8,13-14H2,1-4H3/t21-/m0/s1. The number of methoxy groups -OCH3 is 2. The highest BCUT2D eigenvalue weighted by atomic mass is 16.5. The molecular formula is C24H28N2O5. The molecule has 0 bridgehead atoms. The summed E-state index contributed by atoms with van der Waals surface area (Å²) < 4.78 is 10.7. The summed E-state index contributed by atoms with van der Waals surface area (Å²) in [5.41, 5.74) is 1.23. The number of carbonyl (C=O) groups excluding carboxylic acids is 2. The Morgan fingerprint density at radius 2 is 1.71 bits per heavy atom. The van der Waals surface area contributed by atoms with Crippen molar-refractivity contribution in [2.45, 2.75) is 12.5 Å². The first-order chi connectivity index (χ1) is 14.9. The molecule has 164 valence electrons. The van der Waals surface area contributed by atoms with E-state index in [0.29, 0.717) is 35.6 Å². The Labute approximate surface area is 182 Å². The molecule has 7 nitrogen and oxygen atoms in total. The highest BCUT2D eigenvalue weighted by Gasteiger charge is 2.46. The van der Waals surface area contributed by atoms with Crippen LogP contribution in [-0.2, 0) is 9.59 Å². The zero-order valence-corrected chi connectivity index (χ0v) is 18.3. The second kappa shape index (κ2) is 9.66. The summed E-state index contributed by atoms with van der Waals surface area (Å²) in [7, 11) is 6.98. The van der Waals surface area contributed by atoms with Crippen LogP contribution in [0.3, 0.4) is 0 Å². The summed E-state index contributed by atoms with van der Waals surface area (Å²) in [4.78, 5) is 29.5. The Balaban J connectivity index is 2.13. The van der Waals surface area contributed by atoms with Gasteiger partial charge < -0.3 is 24.4 Å². The third kappa shape index (κ3) is 4.56. The van der Waals surface area contributed by atoms with Crippen LogP contribution in [0.4, 0.5) is 0 Å². The fourth-order valence-electron chi connectivity index (χ4n) is 3.79. The molecule has 0 aliphatic carbocycles. The molecule has 31 heavy (non-hydrogen) atoms. The number of amides is 1. The number of Topliss-reactive ketones (excluding diaryl/α,β-unsaturated/α-hetero) is 1. The van der Waals surface area contributed by atoms with Gasteiger partial charge in [0.2, 0.25) is 0 Å². The molecule has 1 heterocycles. The normalized spacial score (nSPS) is 18.0. The average Bonchev–Trinajstić information content (AvgIpc) is 3.03. The van der Waals surface area contributed by atoms with Gasteiger partial charge in [0.15, 0.2) is 11.5 Å². The Bertz CT molecular complexity index is 985. The van der Waals surface area contributed by atoms with Gasteiger partial charge in [0.25, 0.3) is 11.7 Å². The molecule has 2 aromatic carbocycles. The molecule has 1 aliphatic rings. The van der Waals surface area contributed by atoms with Crippen molar-refractivity contribution in [1.29, 1.82) is 0 Å². The van der Waals surface area contributed by atoms with Crippen LogP contribution in [0.25, 0.3) is 5.76 Å². The number of ketones is 1. The van der Waals surface area contributed by atoms with E-state index < -0.39 is 17.7 Å². The van der Waals surface area contributed by atoms with Gasteiger partial charge in [-0.3, -0.25) is 9.59 Å². The van der Waals surface area contributed by atoms with E-state index in [1.54, 1.807) is 49.6 Å². The van der Waals surface area contributed by atoms with E-state index in [9.17, 15) is 14.7 Å². The van der Waals surface area contributed by atoms with E-state index in [1.807, 2.05) is 25.1 Å². The van der Waals surface area contributed by atoms with Crippen LogP contribution >= 0.6 is 0 Å². The number of hydrogen-bond donors (Lipinski definition) is 1. The third-order valence-electron chi connectivity index (χ3n) is 5.31. The van der Waals surface area contributed by atoms with Gasteiger partial charge in [-0.05, 0) is 44.8 Å². The number of likely N-dealkylation sites (tertiary alicyclic amines) is 1. The van der Waals surface area contributed by atoms with Gasteiger partial charge >= 0.3 is 0 Å². The Kier molecular flexibility index (Phi) is 6.97. The predicted molar refractivity (Wildman–Crippen MR) is 118 cm³/mol. The lowest BCUT2D eigenvalue weighted by Gasteiger charge is -2.26. The maximum Gasteiger partial charge on any atom is 0.295 e. The summed E-state index contributed by atoms with van der Waals surface area (Å²) in [6.45, 7) is 1.15. The van der Waals surface area contributed by atoms with Crippen LogP contribution in [0.5, 0.6) is 11.5 Å². The van der Waals surface area contributed by atoms with Crippen LogP contribution in [0.1, 0.15) is 23.6 Å². The van der Waals surface area contributed by atoms with Gasteiger partial charge in [-0.25, -0.2) is 0 Å². The highest BCUT2D eigenvalue weighted by molar-refractivity contribution is 6.46. The first-order valence-corrected chi connectivity index (χ1v) is 10.1. The lowest BCUT2D eigenvalue weighted by atomic mass is 9.95. The minimum absolute atomic E-state index is 0.0771. The molecule has 1 amide bonds. The van der Waals surface area contributed by atoms with Gasteiger partial charge in [-0.15, -0.1) is 0 Å². The van der Waals surface area contributed by atoms with E-state index >= 15 is 0 Å². The van der Waals surface area contributed by atoms with E-state index in [2.05, 4.69) is 0 Å². The molecule has 1 N–H and O–H groups in total. The summed E-state index contributed by atoms with van der Waals surface area (Å²) in [5.74, 6) is -0.465. The fraction of sp³-hybridized carbons (Fsp3) is 0.333. The second-order valence-corrected chi connectivity index (χ2v) is 7.63. The molecule has 1 aliphatic heterocycles. The van der Waals surface area contributed by atoms with Crippen LogP contribution in [0.2, 0.25) is 0 Å². The number of benzene rings is 2. The lowest BCUT2D eigenvalue weighted by Crippen LogP contribution is -2.32. The quantitative estimate of drug-likeness (QED) is 0.399. The summed E-state index contributed by atoms with van der Waals surface area (Å²) in [5, 5.41) is 11.0. The predicted octanol–water partition coefficient (Wildman–Crippen LogP) is 3.08. The fourth-order valence-corrected chi connectivity index (χ4v) is 3.79. The van der Waals surface area contributed by atoms with E-state index in [0.717, 1.165) is 6.54 Å². The molecule has 3 rings (SSSR count). The molecule has 0 aromatic heterocycles. The molecular weight excluding hydrogens is 396 g/mol. The van der Waals surface area contributed by atoms with Crippen molar-refractivity contribution < 1.29 is 24.2 Å². The Hall–Kier alpha value is -3.32. The van der Waals surface area contributed by atoms with Gasteiger partial charge in [0, 0.05) is 12.1 Å². The number of rotatable bonds is 8. The lowest BCUT2D eigenvalue weighted by molar-refractivity contribution is -0.139. The topological polar surface area (TPSA) is 79.3 Å². The molecule has 0 saturated carbocycles. The smallest absolute Gasteiger partial charge is 0.295 e. The zero-order chi connectivity index (χ0) is 22.5. The number of carbonyl (C=O) groups is 2. The van der Waals surface area contributed by atoms with Crippen molar-refractivity contribution in [3.63, 3.8) is 0 Å². The molecule has 1 atom stereocenters. The summed E-state index contributed by atoms with van der Waals surface area (Å²) in [6, 6.07) is 13.3. The monoisotopic (exact) mass is 424 g/mol. The molecule has 0 spiro atoms. The van der Waals surface area contributed by atoms with Gasteiger partial charge in [-0.1, -0.05) is 36.4 Å². The number of ether oxygens (including phenoxy) is 2. The van der Waals surface area contributed by atoms with Crippen molar-refractivity contribution in [2.75, 3.05) is 41.4 Å². The van der Waals surface area contributed by atoms with E-state index in [-0.39, 0.29) is 11.3 Å². The molecule has 1 fully saturated rings. The number of hydrogen-bond acceptors (Lipinski definition) is 6. The van der Waals surface area contributed by atoms with Crippen molar-refractivity contribution >= 4 is 17.4 Å². The third-order valence-corrected chi connectivity index (χ3v) is 5.31. The Morgan fingerprint density at radius 3 is 2.32 bits per heavy atom. The summed E-state index contributed by atoms with van der Waals surface area (Å²) in [6.07, 6.45) is 0.690. The average molecular weight is 424 g/mol. The molecule has 0 radical (unpaired) electrons.